The highest BCUT2D eigenvalue weighted by Crippen LogP contribution is 2.52. The second kappa shape index (κ2) is 10.1. The van der Waals surface area contributed by atoms with E-state index in [1.165, 1.54) is 12.0 Å². The first kappa shape index (κ1) is 22.3. The summed E-state index contributed by atoms with van der Waals surface area (Å²) in [6.07, 6.45) is 11.5. The van der Waals surface area contributed by atoms with Crippen molar-refractivity contribution in [2.24, 2.45) is 17.8 Å². The van der Waals surface area contributed by atoms with Gasteiger partial charge in [-0.15, -0.1) is 0 Å². The van der Waals surface area contributed by atoms with Crippen molar-refractivity contribution in [3.63, 3.8) is 0 Å². The molecule has 7 heteroatoms. The zero-order valence-corrected chi connectivity index (χ0v) is 19.4. The van der Waals surface area contributed by atoms with Crippen LogP contribution in [0.15, 0.2) is 48.2 Å². The van der Waals surface area contributed by atoms with Gasteiger partial charge >= 0.3 is 5.97 Å². The fourth-order valence-corrected chi connectivity index (χ4v) is 5.99. The van der Waals surface area contributed by atoms with Crippen molar-refractivity contribution >= 4 is 38.6 Å². The quantitative estimate of drug-likeness (QED) is 0.266. The van der Waals surface area contributed by atoms with Crippen molar-refractivity contribution in [2.45, 2.75) is 44.9 Å². The molecule has 0 aliphatic heterocycles. The molecule has 1 aromatic carbocycles. The van der Waals surface area contributed by atoms with Crippen LogP contribution in [0.25, 0.3) is 0 Å². The standard InChI is InChI=1S/C22H28INO4S/c23-19-6-4-5-16(13-19)11-12-29(27,28)24-15-21-18-10-9-17(14-18)20(21)7-2-1-3-8-22(25)26/h2,4-7,13,15,17-18,20,24H,1,3,8-12,14H2,(H,25,26). The molecular formula is C22H28INO4S. The average Bonchev–Trinajstić information content (AvgIpc) is 3.26. The summed E-state index contributed by atoms with van der Waals surface area (Å²) in [5, 5.41) is 8.73. The molecule has 0 heterocycles. The first-order valence-electron chi connectivity index (χ1n) is 10.2. The highest BCUT2D eigenvalue weighted by atomic mass is 127. The van der Waals surface area contributed by atoms with Crippen LogP contribution >= 0.6 is 22.6 Å². The maximum Gasteiger partial charge on any atom is 0.303 e. The summed E-state index contributed by atoms with van der Waals surface area (Å²) in [7, 11) is -3.38. The number of aliphatic carboxylic acids is 1. The van der Waals surface area contributed by atoms with Gasteiger partial charge in [0.15, 0.2) is 0 Å². The van der Waals surface area contributed by atoms with Crippen molar-refractivity contribution in [1.82, 2.24) is 4.72 Å². The molecular weight excluding hydrogens is 501 g/mol. The maximum atomic E-state index is 12.5. The Kier molecular flexibility index (Phi) is 7.79. The first-order chi connectivity index (χ1) is 13.8. The lowest BCUT2D eigenvalue weighted by Gasteiger charge is -2.22. The van der Waals surface area contributed by atoms with Gasteiger partial charge in [-0.25, -0.2) is 8.42 Å². The minimum absolute atomic E-state index is 0.0701. The molecule has 1 aromatic rings. The summed E-state index contributed by atoms with van der Waals surface area (Å²) < 4.78 is 28.8. The number of sulfonamides is 1. The number of unbranched alkanes of at least 4 members (excludes halogenated alkanes) is 1. The van der Waals surface area contributed by atoms with Crippen LogP contribution in [0.5, 0.6) is 0 Å². The number of hydrogen-bond acceptors (Lipinski definition) is 3. The summed E-state index contributed by atoms with van der Waals surface area (Å²) in [6, 6.07) is 7.90. The smallest absolute Gasteiger partial charge is 0.303 e. The lowest BCUT2D eigenvalue weighted by atomic mass is 9.84. The van der Waals surface area contributed by atoms with Crippen LogP contribution in [-0.4, -0.2) is 25.2 Å². The minimum atomic E-state index is -3.38. The highest BCUT2D eigenvalue weighted by molar-refractivity contribution is 14.1. The van der Waals surface area contributed by atoms with Crippen molar-refractivity contribution in [2.75, 3.05) is 5.75 Å². The third-order valence-electron chi connectivity index (χ3n) is 5.90. The van der Waals surface area contributed by atoms with Gasteiger partial charge in [-0.2, -0.15) is 0 Å². The van der Waals surface area contributed by atoms with E-state index in [9.17, 15) is 13.2 Å². The van der Waals surface area contributed by atoms with E-state index in [0.29, 0.717) is 24.7 Å². The summed E-state index contributed by atoms with van der Waals surface area (Å²) >= 11 is 2.23. The van der Waals surface area contributed by atoms with E-state index in [2.05, 4.69) is 39.5 Å². The van der Waals surface area contributed by atoms with Gasteiger partial charge in [-0.1, -0.05) is 24.3 Å². The molecule has 0 saturated heterocycles. The molecule has 0 aromatic heterocycles. The van der Waals surface area contributed by atoms with Crippen LogP contribution < -0.4 is 4.72 Å². The highest BCUT2D eigenvalue weighted by Gasteiger charge is 2.42. The van der Waals surface area contributed by atoms with Crippen LogP contribution in [0.2, 0.25) is 0 Å². The van der Waals surface area contributed by atoms with Gasteiger partial charge in [0.1, 0.15) is 0 Å². The summed E-state index contributed by atoms with van der Waals surface area (Å²) in [4.78, 5) is 10.6. The molecule has 29 heavy (non-hydrogen) atoms. The molecule has 2 N–H and O–H groups in total. The number of carboxylic acids is 1. The molecule has 3 atom stereocenters. The molecule has 0 amide bonds. The number of carbonyl (C=O) groups is 1. The molecule has 3 unspecified atom stereocenters. The Labute approximate surface area is 186 Å². The van der Waals surface area contributed by atoms with E-state index in [0.717, 1.165) is 28.4 Å². The molecule has 0 radical (unpaired) electrons. The molecule has 2 aliphatic rings. The summed E-state index contributed by atoms with van der Waals surface area (Å²) in [5.41, 5.74) is 2.21. The van der Waals surface area contributed by atoms with Gasteiger partial charge in [-0.3, -0.25) is 9.52 Å². The topological polar surface area (TPSA) is 83.5 Å². The Morgan fingerprint density at radius 2 is 2.14 bits per heavy atom. The number of allylic oxidation sites excluding steroid dienone is 3. The van der Waals surface area contributed by atoms with Crippen molar-refractivity contribution in [3.8, 4) is 0 Å². The Morgan fingerprint density at radius 3 is 2.90 bits per heavy atom. The largest absolute Gasteiger partial charge is 0.481 e. The van der Waals surface area contributed by atoms with Crippen molar-refractivity contribution < 1.29 is 18.3 Å². The van der Waals surface area contributed by atoms with Gasteiger partial charge in [0.05, 0.1) is 5.75 Å². The van der Waals surface area contributed by atoms with Crippen molar-refractivity contribution in [3.05, 3.63) is 57.3 Å². The number of benzene rings is 1. The van der Waals surface area contributed by atoms with Crippen LogP contribution in [-0.2, 0) is 21.2 Å². The maximum absolute atomic E-state index is 12.5. The number of halogens is 1. The molecule has 2 fully saturated rings. The number of nitrogens with one attached hydrogen (secondary N) is 1. The van der Waals surface area contributed by atoms with Gasteiger partial charge in [0.2, 0.25) is 10.0 Å². The van der Waals surface area contributed by atoms with Gasteiger partial charge < -0.3 is 5.11 Å². The van der Waals surface area contributed by atoms with Crippen LogP contribution in [0.1, 0.15) is 44.1 Å². The van der Waals surface area contributed by atoms with E-state index in [-0.39, 0.29) is 18.1 Å². The number of rotatable bonds is 10. The van der Waals surface area contributed by atoms with E-state index < -0.39 is 16.0 Å². The fraction of sp³-hybridized carbons (Fsp3) is 0.500. The third kappa shape index (κ3) is 6.57. The zero-order valence-electron chi connectivity index (χ0n) is 16.4. The Morgan fingerprint density at radius 1 is 1.31 bits per heavy atom. The van der Waals surface area contributed by atoms with E-state index >= 15 is 0 Å². The second-order valence-corrected chi connectivity index (χ2v) is 11.1. The van der Waals surface area contributed by atoms with Crippen LogP contribution in [0.4, 0.5) is 0 Å². The Balaban J connectivity index is 1.58. The van der Waals surface area contributed by atoms with E-state index in [1.807, 2.05) is 24.3 Å². The molecule has 0 spiro atoms. The lowest BCUT2D eigenvalue weighted by molar-refractivity contribution is -0.137. The Hall–Kier alpha value is -1.35. The molecule has 2 aliphatic carbocycles. The van der Waals surface area contributed by atoms with Crippen LogP contribution in [0.3, 0.4) is 0 Å². The normalized spacial score (nSPS) is 25.1. The van der Waals surface area contributed by atoms with Crippen molar-refractivity contribution in [1.29, 1.82) is 0 Å². The van der Waals surface area contributed by atoms with Gasteiger partial charge in [-0.05, 0) is 96.2 Å². The number of aryl methyl sites for hydroxylation is 1. The molecule has 3 rings (SSSR count). The van der Waals surface area contributed by atoms with Crippen LogP contribution in [0, 0.1) is 21.3 Å². The lowest BCUT2D eigenvalue weighted by Crippen LogP contribution is -2.24. The predicted octanol–water partition coefficient (Wildman–Crippen LogP) is 4.49. The second-order valence-electron chi connectivity index (χ2n) is 7.97. The SMILES string of the molecule is O=C(O)CCCC=CC1C(=CNS(=O)(=O)CCc2cccc(I)c2)C2CCC1C2. The first-order valence-corrected chi connectivity index (χ1v) is 12.9. The minimum Gasteiger partial charge on any atom is -0.481 e. The van der Waals surface area contributed by atoms with Gasteiger partial charge in [0, 0.05) is 22.1 Å². The number of carboxylic acid groups (broad SMARTS) is 1. The average molecular weight is 529 g/mol. The zero-order chi connectivity index (χ0) is 20.9. The van der Waals surface area contributed by atoms with E-state index in [4.69, 9.17) is 5.11 Å². The molecule has 5 nitrogen and oxygen atoms in total. The summed E-state index contributed by atoms with van der Waals surface area (Å²) in [5.74, 6) is 0.626. The number of hydrogen-bond donors (Lipinski definition) is 2. The van der Waals surface area contributed by atoms with E-state index in [1.54, 1.807) is 6.20 Å². The fourth-order valence-electron chi connectivity index (χ4n) is 4.45. The van der Waals surface area contributed by atoms with Gasteiger partial charge in [0.25, 0.3) is 0 Å². The Bertz CT molecular complexity index is 894. The third-order valence-corrected chi connectivity index (χ3v) is 7.79. The molecule has 2 bridgehead atoms. The molecule has 158 valence electrons. The predicted molar refractivity (Wildman–Crippen MR) is 123 cm³/mol. The molecule has 2 saturated carbocycles. The monoisotopic (exact) mass is 529 g/mol. The summed E-state index contributed by atoms with van der Waals surface area (Å²) in [6.45, 7) is 0. The number of fused-ring (bicyclic) bond motifs is 2.